The zero-order chi connectivity index (χ0) is 21.9. The number of carbonyl (C=O) groups excluding carboxylic acids is 2. The molecule has 6 heteroatoms. The summed E-state index contributed by atoms with van der Waals surface area (Å²) in [7, 11) is -2.17. The number of hydrogen-bond acceptors (Lipinski definition) is 4. The van der Waals surface area contributed by atoms with Crippen LogP contribution in [0, 0.1) is 11.3 Å². The minimum absolute atomic E-state index is 0.0228. The number of amides is 1. The Hall–Kier alpha value is -1.66. The fourth-order valence-corrected chi connectivity index (χ4v) is 7.27. The van der Waals surface area contributed by atoms with E-state index in [0.717, 1.165) is 24.8 Å². The van der Waals surface area contributed by atoms with Gasteiger partial charge in [0.05, 0.1) is 6.04 Å². The number of ether oxygens (including phenoxy) is 1. The van der Waals surface area contributed by atoms with Gasteiger partial charge in [0.15, 0.2) is 14.0 Å². The van der Waals surface area contributed by atoms with Crippen LogP contribution in [0.15, 0.2) is 24.3 Å². The summed E-state index contributed by atoms with van der Waals surface area (Å²) >= 11 is 0. The van der Waals surface area contributed by atoms with Crippen LogP contribution >= 0.6 is 0 Å². The van der Waals surface area contributed by atoms with Gasteiger partial charge < -0.3 is 9.16 Å². The van der Waals surface area contributed by atoms with Gasteiger partial charge in [0, 0.05) is 17.5 Å². The van der Waals surface area contributed by atoms with Crippen molar-refractivity contribution in [1.82, 2.24) is 4.90 Å². The highest BCUT2D eigenvalue weighted by Crippen LogP contribution is 2.65. The first-order valence-corrected chi connectivity index (χ1v) is 14.8. The molecular weight excluding hydrogens is 394 g/mol. The van der Waals surface area contributed by atoms with Crippen molar-refractivity contribution < 1.29 is 18.8 Å². The number of fused-ring (bicyclic) bond motifs is 6. The van der Waals surface area contributed by atoms with Crippen LogP contribution in [0.1, 0.15) is 68.8 Å². The highest BCUT2D eigenvalue weighted by atomic mass is 28.4. The molecule has 3 aliphatic heterocycles. The molecule has 30 heavy (non-hydrogen) atoms. The van der Waals surface area contributed by atoms with E-state index in [2.05, 4.69) is 40.4 Å². The third kappa shape index (κ3) is 2.83. The van der Waals surface area contributed by atoms with Gasteiger partial charge in [0.25, 0.3) is 5.91 Å². The van der Waals surface area contributed by atoms with E-state index in [-0.39, 0.29) is 29.9 Å². The SMILES string of the molecule is CCCCC[C@]12C[C@H](OC1=O)[C@H](C(C)C)N1C(=O)c3ccccc3[C@@]12O[Si](C)(C)C. The molecule has 2 saturated heterocycles. The van der Waals surface area contributed by atoms with E-state index < -0.39 is 19.5 Å². The minimum atomic E-state index is -2.17. The largest absolute Gasteiger partial charge is 0.460 e. The van der Waals surface area contributed by atoms with Crippen molar-refractivity contribution in [1.29, 1.82) is 0 Å². The standard InChI is InChI=1S/C24H35NO4Si/c1-7-8-11-14-23-15-19(28-22(23)27)20(16(2)3)25-21(26)17-12-9-10-13-18(17)24(23,25)29-30(4,5)6/h9-10,12-13,16,19-20H,7-8,11,14-15H2,1-6H3/t19-,20-,23-,24-/m0/s1. The van der Waals surface area contributed by atoms with Crippen molar-refractivity contribution in [3.8, 4) is 0 Å². The molecule has 164 valence electrons. The van der Waals surface area contributed by atoms with Crippen molar-refractivity contribution in [2.45, 2.75) is 90.4 Å². The summed E-state index contributed by atoms with van der Waals surface area (Å²) in [6.45, 7) is 12.8. The van der Waals surface area contributed by atoms with Crippen molar-refractivity contribution in [3.63, 3.8) is 0 Å². The van der Waals surface area contributed by atoms with E-state index in [4.69, 9.17) is 9.16 Å². The van der Waals surface area contributed by atoms with Gasteiger partial charge in [-0.3, -0.25) is 14.5 Å². The Balaban J connectivity index is 2.01. The van der Waals surface area contributed by atoms with E-state index in [1.165, 1.54) is 0 Å². The summed E-state index contributed by atoms with van der Waals surface area (Å²) in [5, 5.41) is 0. The molecule has 0 unspecified atom stereocenters. The molecule has 4 rings (SSSR count). The van der Waals surface area contributed by atoms with Crippen LogP contribution in [-0.2, 0) is 19.7 Å². The topological polar surface area (TPSA) is 55.8 Å². The molecular formula is C24H35NO4Si. The number of rotatable bonds is 7. The Morgan fingerprint density at radius 2 is 1.90 bits per heavy atom. The molecule has 3 aliphatic rings. The summed E-state index contributed by atoms with van der Waals surface area (Å²) in [6.07, 6.45) is 4.09. The lowest BCUT2D eigenvalue weighted by Crippen LogP contribution is -2.69. The van der Waals surface area contributed by atoms with Gasteiger partial charge in [-0.25, -0.2) is 0 Å². The summed E-state index contributed by atoms with van der Waals surface area (Å²) < 4.78 is 13.1. The van der Waals surface area contributed by atoms with Crippen LogP contribution in [0.25, 0.3) is 0 Å². The average Bonchev–Trinajstić information content (AvgIpc) is 3.08. The van der Waals surface area contributed by atoms with Crippen LogP contribution in [0.2, 0.25) is 19.6 Å². The van der Waals surface area contributed by atoms with Gasteiger partial charge in [-0.05, 0) is 38.0 Å². The summed E-state index contributed by atoms with van der Waals surface area (Å²) in [4.78, 5) is 29.4. The predicted octanol–water partition coefficient (Wildman–Crippen LogP) is 5.07. The normalized spacial score (nSPS) is 32.4. The lowest BCUT2D eigenvalue weighted by molar-refractivity contribution is -0.201. The maximum Gasteiger partial charge on any atom is 0.317 e. The Morgan fingerprint density at radius 3 is 2.53 bits per heavy atom. The lowest BCUT2D eigenvalue weighted by Gasteiger charge is -2.57. The fourth-order valence-electron chi connectivity index (χ4n) is 5.98. The molecule has 0 N–H and O–H groups in total. The monoisotopic (exact) mass is 429 g/mol. The minimum Gasteiger partial charge on any atom is -0.460 e. The second-order valence-electron chi connectivity index (χ2n) is 10.5. The first-order chi connectivity index (χ1) is 14.1. The fraction of sp³-hybridized carbons (Fsp3) is 0.667. The van der Waals surface area contributed by atoms with Gasteiger partial charge in [-0.1, -0.05) is 58.2 Å². The van der Waals surface area contributed by atoms with E-state index in [1.54, 1.807) is 0 Å². The Labute approximate surface area is 181 Å². The highest BCUT2D eigenvalue weighted by molar-refractivity contribution is 6.69. The molecule has 0 aromatic heterocycles. The maximum absolute atomic E-state index is 13.8. The quantitative estimate of drug-likeness (QED) is 0.345. The molecule has 0 spiro atoms. The lowest BCUT2D eigenvalue weighted by atomic mass is 9.64. The van der Waals surface area contributed by atoms with E-state index in [1.807, 2.05) is 29.2 Å². The van der Waals surface area contributed by atoms with E-state index in [0.29, 0.717) is 18.4 Å². The third-order valence-corrected chi connectivity index (χ3v) is 7.86. The smallest absolute Gasteiger partial charge is 0.317 e. The zero-order valence-corrected chi connectivity index (χ0v) is 20.2. The first-order valence-electron chi connectivity index (χ1n) is 11.4. The Kier molecular flexibility index (Phi) is 5.17. The Bertz CT molecular complexity index is 863. The van der Waals surface area contributed by atoms with Crippen molar-refractivity contribution in [2.24, 2.45) is 11.3 Å². The molecule has 2 fully saturated rings. The molecule has 3 heterocycles. The second kappa shape index (κ2) is 7.19. The van der Waals surface area contributed by atoms with Crippen molar-refractivity contribution >= 4 is 20.2 Å². The van der Waals surface area contributed by atoms with Gasteiger partial charge in [-0.15, -0.1) is 0 Å². The molecule has 1 amide bonds. The van der Waals surface area contributed by atoms with Gasteiger partial charge in [0.2, 0.25) is 0 Å². The average molecular weight is 430 g/mol. The van der Waals surface area contributed by atoms with E-state index in [9.17, 15) is 9.59 Å². The highest BCUT2D eigenvalue weighted by Gasteiger charge is 2.76. The molecule has 4 atom stereocenters. The second-order valence-corrected chi connectivity index (χ2v) is 14.9. The Morgan fingerprint density at radius 1 is 1.20 bits per heavy atom. The molecule has 0 saturated carbocycles. The van der Waals surface area contributed by atoms with Gasteiger partial charge in [-0.2, -0.15) is 0 Å². The summed E-state index contributed by atoms with van der Waals surface area (Å²) in [5.41, 5.74) is -0.382. The van der Waals surface area contributed by atoms with Crippen molar-refractivity contribution in [3.05, 3.63) is 35.4 Å². The van der Waals surface area contributed by atoms with Gasteiger partial charge >= 0.3 is 5.97 Å². The van der Waals surface area contributed by atoms with Crippen LogP contribution in [-0.4, -0.2) is 37.2 Å². The number of carbonyl (C=O) groups is 2. The zero-order valence-electron chi connectivity index (χ0n) is 19.2. The number of piperidine rings is 1. The molecule has 1 aromatic carbocycles. The van der Waals surface area contributed by atoms with E-state index >= 15 is 0 Å². The molecule has 2 bridgehead atoms. The van der Waals surface area contributed by atoms with Crippen LogP contribution in [0.4, 0.5) is 0 Å². The van der Waals surface area contributed by atoms with Crippen LogP contribution in [0.3, 0.4) is 0 Å². The maximum atomic E-state index is 13.8. The summed E-state index contributed by atoms with van der Waals surface area (Å²) in [6, 6.07) is 7.57. The number of hydrogen-bond donors (Lipinski definition) is 0. The van der Waals surface area contributed by atoms with Crippen LogP contribution < -0.4 is 0 Å². The number of benzene rings is 1. The predicted molar refractivity (Wildman–Crippen MR) is 118 cm³/mol. The number of unbranched alkanes of at least 4 members (excludes halogenated alkanes) is 2. The molecule has 0 radical (unpaired) electrons. The number of esters is 1. The third-order valence-electron chi connectivity index (χ3n) is 6.95. The van der Waals surface area contributed by atoms with Crippen molar-refractivity contribution in [2.75, 3.05) is 0 Å². The molecule has 5 nitrogen and oxygen atoms in total. The van der Waals surface area contributed by atoms with Crippen LogP contribution in [0.5, 0.6) is 0 Å². The number of nitrogens with zero attached hydrogens (tertiary/aromatic N) is 1. The molecule has 0 aliphatic carbocycles. The summed E-state index contributed by atoms with van der Waals surface area (Å²) in [5.74, 6) is -0.0534. The first kappa shape index (κ1) is 21.6. The van der Waals surface area contributed by atoms with Gasteiger partial charge in [0.1, 0.15) is 11.5 Å². The molecule has 1 aromatic rings.